The van der Waals surface area contributed by atoms with Gasteiger partial charge in [-0.2, -0.15) is 0 Å². The molecule has 1 saturated carbocycles. The predicted molar refractivity (Wildman–Crippen MR) is 106 cm³/mol. The van der Waals surface area contributed by atoms with E-state index < -0.39 is 5.67 Å². The fraction of sp³-hybridized carbons (Fsp3) is 0.435. The highest BCUT2D eigenvalue weighted by atomic mass is 19.1. The summed E-state index contributed by atoms with van der Waals surface area (Å²) in [5, 5.41) is 3.47. The molecule has 1 aliphatic heterocycles. The third-order valence-corrected chi connectivity index (χ3v) is 5.97. The molecule has 2 aliphatic rings. The molecule has 0 radical (unpaired) electrons. The summed E-state index contributed by atoms with van der Waals surface area (Å²) >= 11 is 0. The Morgan fingerprint density at radius 1 is 1.07 bits per heavy atom. The molecule has 2 aromatic carbocycles. The van der Waals surface area contributed by atoms with Crippen molar-refractivity contribution in [1.29, 1.82) is 0 Å². The second-order valence-corrected chi connectivity index (χ2v) is 8.03. The summed E-state index contributed by atoms with van der Waals surface area (Å²) < 4.78 is 15.2. The van der Waals surface area contributed by atoms with Gasteiger partial charge < -0.3 is 5.32 Å². The Kier molecular flexibility index (Phi) is 5.37. The highest BCUT2D eigenvalue weighted by Crippen LogP contribution is 2.41. The molecular weight excluding hydrogens is 339 g/mol. The molecule has 1 saturated heterocycles. The number of nitrogens with zero attached hydrogens (tertiary/aromatic N) is 1. The van der Waals surface area contributed by atoms with E-state index in [-0.39, 0.29) is 0 Å². The molecule has 2 atom stereocenters. The van der Waals surface area contributed by atoms with E-state index in [9.17, 15) is 4.79 Å². The summed E-state index contributed by atoms with van der Waals surface area (Å²) in [6.45, 7) is 2.84. The largest absolute Gasteiger partial charge is 0.310 e. The van der Waals surface area contributed by atoms with Crippen LogP contribution in [0.15, 0.2) is 54.6 Å². The van der Waals surface area contributed by atoms with Crippen LogP contribution in [0.1, 0.15) is 46.7 Å². The van der Waals surface area contributed by atoms with Gasteiger partial charge in [0.2, 0.25) is 0 Å². The SMILES string of the molecule is O=Cc1ccc(CN2CCC(F)(CNC3CC3c3ccccc3)CC2)cc1. The zero-order valence-corrected chi connectivity index (χ0v) is 15.6. The number of hydrogen-bond acceptors (Lipinski definition) is 3. The van der Waals surface area contributed by atoms with Crippen LogP contribution in [0.5, 0.6) is 0 Å². The lowest BCUT2D eigenvalue weighted by Crippen LogP contribution is -2.47. The molecule has 2 fully saturated rings. The van der Waals surface area contributed by atoms with Gasteiger partial charge in [-0.3, -0.25) is 9.69 Å². The summed E-state index contributed by atoms with van der Waals surface area (Å²) in [6, 6.07) is 18.6. The minimum absolute atomic E-state index is 0.425. The Labute approximate surface area is 160 Å². The molecule has 0 spiro atoms. The van der Waals surface area contributed by atoms with Crippen LogP contribution < -0.4 is 5.32 Å². The number of rotatable bonds is 7. The van der Waals surface area contributed by atoms with Crippen LogP contribution in [-0.2, 0) is 6.54 Å². The molecule has 3 nitrogen and oxygen atoms in total. The molecule has 2 aromatic rings. The Balaban J connectivity index is 1.22. The summed E-state index contributed by atoms with van der Waals surface area (Å²) in [4.78, 5) is 13.0. The maximum atomic E-state index is 15.2. The summed E-state index contributed by atoms with van der Waals surface area (Å²) in [5.41, 5.74) is 2.13. The van der Waals surface area contributed by atoms with Gasteiger partial charge in [0.1, 0.15) is 12.0 Å². The number of carbonyl (C=O) groups is 1. The standard InChI is InChI=1S/C23H27FN2O/c24-23(17-25-22-14-21(22)20-4-2-1-3-5-20)10-12-26(13-11-23)15-18-6-8-19(16-27)9-7-18/h1-9,16,21-22,25H,10-15,17H2. The molecule has 142 valence electrons. The molecule has 4 rings (SSSR count). The monoisotopic (exact) mass is 366 g/mol. The van der Waals surface area contributed by atoms with Crippen molar-refractivity contribution in [2.45, 2.75) is 43.4 Å². The van der Waals surface area contributed by atoms with E-state index in [1.165, 1.54) is 11.1 Å². The zero-order chi connectivity index (χ0) is 18.7. The van der Waals surface area contributed by atoms with Crippen molar-refractivity contribution in [2.24, 2.45) is 0 Å². The first kappa shape index (κ1) is 18.3. The van der Waals surface area contributed by atoms with Crippen molar-refractivity contribution in [3.63, 3.8) is 0 Å². The number of carbonyl (C=O) groups excluding carboxylic acids is 1. The number of hydrogen-bond donors (Lipinski definition) is 1. The van der Waals surface area contributed by atoms with Crippen LogP contribution in [0, 0.1) is 0 Å². The lowest BCUT2D eigenvalue weighted by molar-refractivity contribution is 0.0544. The molecule has 27 heavy (non-hydrogen) atoms. The normalized spacial score (nSPS) is 24.5. The Morgan fingerprint density at radius 2 is 1.78 bits per heavy atom. The highest BCUT2D eigenvalue weighted by Gasteiger charge is 2.41. The number of halogens is 1. The number of nitrogens with one attached hydrogen (secondary N) is 1. The first-order chi connectivity index (χ1) is 13.1. The Morgan fingerprint density at radius 3 is 2.44 bits per heavy atom. The zero-order valence-electron chi connectivity index (χ0n) is 15.6. The van der Waals surface area contributed by atoms with Crippen molar-refractivity contribution in [1.82, 2.24) is 10.2 Å². The van der Waals surface area contributed by atoms with Crippen molar-refractivity contribution in [3.05, 3.63) is 71.3 Å². The van der Waals surface area contributed by atoms with E-state index in [4.69, 9.17) is 0 Å². The summed E-state index contributed by atoms with van der Waals surface area (Å²) in [6.07, 6.45) is 3.13. The van der Waals surface area contributed by atoms with E-state index in [0.717, 1.165) is 32.3 Å². The maximum absolute atomic E-state index is 15.2. The highest BCUT2D eigenvalue weighted by molar-refractivity contribution is 5.74. The molecule has 0 bridgehead atoms. The van der Waals surface area contributed by atoms with Crippen molar-refractivity contribution in [2.75, 3.05) is 19.6 Å². The topological polar surface area (TPSA) is 32.3 Å². The molecule has 0 amide bonds. The van der Waals surface area contributed by atoms with Crippen molar-refractivity contribution in [3.8, 4) is 0 Å². The number of likely N-dealkylation sites (tertiary alicyclic amines) is 1. The van der Waals surface area contributed by atoms with Crippen LogP contribution >= 0.6 is 0 Å². The van der Waals surface area contributed by atoms with Crippen molar-refractivity contribution < 1.29 is 9.18 Å². The average molecular weight is 366 g/mol. The molecule has 4 heteroatoms. The van der Waals surface area contributed by atoms with Gasteiger partial charge in [0, 0.05) is 43.7 Å². The van der Waals surface area contributed by atoms with Crippen LogP contribution in [0.3, 0.4) is 0 Å². The Bertz CT molecular complexity index is 754. The second kappa shape index (κ2) is 7.91. The maximum Gasteiger partial charge on any atom is 0.150 e. The van der Waals surface area contributed by atoms with Gasteiger partial charge in [-0.25, -0.2) is 4.39 Å². The van der Waals surface area contributed by atoms with Crippen molar-refractivity contribution >= 4 is 6.29 Å². The fourth-order valence-electron chi connectivity index (χ4n) is 4.05. The minimum Gasteiger partial charge on any atom is -0.310 e. The smallest absolute Gasteiger partial charge is 0.150 e. The van der Waals surface area contributed by atoms with Gasteiger partial charge in [0.25, 0.3) is 0 Å². The number of benzene rings is 2. The van der Waals surface area contributed by atoms with Crippen LogP contribution in [0.2, 0.25) is 0 Å². The van der Waals surface area contributed by atoms with E-state index >= 15 is 4.39 Å². The van der Waals surface area contributed by atoms with Gasteiger partial charge in [0.05, 0.1) is 0 Å². The molecule has 1 aliphatic carbocycles. The third kappa shape index (κ3) is 4.63. The Hall–Kier alpha value is -2.04. The summed E-state index contributed by atoms with van der Waals surface area (Å²) in [5.74, 6) is 0.546. The molecule has 2 unspecified atom stereocenters. The van der Waals surface area contributed by atoms with E-state index in [1.807, 2.05) is 30.3 Å². The van der Waals surface area contributed by atoms with E-state index in [1.54, 1.807) is 0 Å². The first-order valence-electron chi connectivity index (χ1n) is 9.89. The average Bonchev–Trinajstić information content (AvgIpc) is 3.50. The molecule has 0 aromatic heterocycles. The van der Waals surface area contributed by atoms with Crippen LogP contribution in [-0.4, -0.2) is 42.5 Å². The van der Waals surface area contributed by atoms with Gasteiger partial charge in [0.15, 0.2) is 0 Å². The predicted octanol–water partition coefficient (Wildman–Crippen LogP) is 3.95. The third-order valence-electron chi connectivity index (χ3n) is 5.97. The molecule has 1 N–H and O–H groups in total. The van der Waals surface area contributed by atoms with Gasteiger partial charge in [-0.1, -0.05) is 54.6 Å². The van der Waals surface area contributed by atoms with Gasteiger partial charge in [-0.05, 0) is 30.4 Å². The fourth-order valence-corrected chi connectivity index (χ4v) is 4.05. The number of aldehydes is 1. The lowest BCUT2D eigenvalue weighted by Gasteiger charge is -2.36. The second-order valence-electron chi connectivity index (χ2n) is 8.03. The molecular formula is C23H27FN2O. The minimum atomic E-state index is -1.10. The molecule has 1 heterocycles. The number of alkyl halides is 1. The van der Waals surface area contributed by atoms with E-state index in [0.29, 0.717) is 36.9 Å². The summed E-state index contributed by atoms with van der Waals surface area (Å²) in [7, 11) is 0. The first-order valence-corrected chi connectivity index (χ1v) is 9.89. The van der Waals surface area contributed by atoms with Gasteiger partial charge in [-0.15, -0.1) is 0 Å². The van der Waals surface area contributed by atoms with Crippen LogP contribution in [0.4, 0.5) is 4.39 Å². The van der Waals surface area contributed by atoms with Crippen LogP contribution in [0.25, 0.3) is 0 Å². The quantitative estimate of drug-likeness (QED) is 0.753. The van der Waals surface area contributed by atoms with E-state index in [2.05, 4.69) is 34.5 Å². The lowest BCUT2D eigenvalue weighted by atomic mass is 9.92. The van der Waals surface area contributed by atoms with Gasteiger partial charge >= 0.3 is 0 Å². The number of piperidine rings is 1.